The highest BCUT2D eigenvalue weighted by Gasteiger charge is 2.17. The number of nitrogens with one attached hydrogen (secondary N) is 1. The number of esters is 1. The molecule has 0 saturated heterocycles. The van der Waals surface area contributed by atoms with Crippen molar-refractivity contribution in [2.75, 3.05) is 7.11 Å². The lowest BCUT2D eigenvalue weighted by atomic mass is 10.1. The second kappa shape index (κ2) is 10.1. The van der Waals surface area contributed by atoms with Crippen LogP contribution in [-0.2, 0) is 11.3 Å². The Morgan fingerprint density at radius 3 is 2.41 bits per heavy atom. The van der Waals surface area contributed by atoms with E-state index in [1.165, 1.54) is 61.7 Å². The zero-order valence-electron chi connectivity index (χ0n) is 16.6. The lowest BCUT2D eigenvalue weighted by Crippen LogP contribution is -2.23. The predicted molar refractivity (Wildman–Crippen MR) is 117 cm³/mol. The van der Waals surface area contributed by atoms with Crippen molar-refractivity contribution in [2.24, 2.45) is 0 Å². The van der Waals surface area contributed by atoms with Gasteiger partial charge in [0.05, 0.1) is 29.3 Å². The number of halogens is 3. The van der Waals surface area contributed by atoms with Crippen LogP contribution in [0, 0.1) is 17.1 Å². The van der Waals surface area contributed by atoms with Gasteiger partial charge in [-0.15, -0.1) is 0 Å². The van der Waals surface area contributed by atoms with Crippen LogP contribution < -0.4 is 10.1 Å². The van der Waals surface area contributed by atoms with E-state index in [0.29, 0.717) is 5.56 Å². The number of methoxy groups -OCH3 is 1. The van der Waals surface area contributed by atoms with E-state index in [0.717, 1.165) is 0 Å². The molecular formula is C23H15Cl2FN2O4. The summed E-state index contributed by atoms with van der Waals surface area (Å²) in [4.78, 5) is 23.9. The Hall–Kier alpha value is -3.60. The molecule has 0 atom stereocenters. The second-order valence-corrected chi connectivity index (χ2v) is 7.33. The average Bonchev–Trinajstić information content (AvgIpc) is 2.80. The number of hydrogen-bond donors (Lipinski definition) is 1. The summed E-state index contributed by atoms with van der Waals surface area (Å²) in [5.41, 5.74) is 0.957. The third-order valence-electron chi connectivity index (χ3n) is 4.36. The van der Waals surface area contributed by atoms with Crippen LogP contribution in [0.15, 0.2) is 54.6 Å². The number of ether oxygens (including phenoxy) is 2. The molecule has 1 amide bonds. The van der Waals surface area contributed by atoms with Crippen molar-refractivity contribution in [1.82, 2.24) is 5.32 Å². The van der Waals surface area contributed by atoms with Gasteiger partial charge in [0.2, 0.25) is 0 Å². The molecule has 32 heavy (non-hydrogen) atoms. The average molecular weight is 473 g/mol. The molecule has 0 spiro atoms. The van der Waals surface area contributed by atoms with Crippen molar-refractivity contribution < 1.29 is 23.5 Å². The Balaban J connectivity index is 1.75. The summed E-state index contributed by atoms with van der Waals surface area (Å²) >= 11 is 12.0. The smallest absolute Gasteiger partial charge is 0.337 e. The minimum absolute atomic E-state index is 0.00876. The number of amides is 1. The van der Waals surface area contributed by atoms with E-state index in [1.54, 1.807) is 0 Å². The highest BCUT2D eigenvalue weighted by Crippen LogP contribution is 2.35. The van der Waals surface area contributed by atoms with Gasteiger partial charge in [0.1, 0.15) is 5.75 Å². The molecule has 0 bridgehead atoms. The first-order valence-electron chi connectivity index (χ1n) is 9.14. The highest BCUT2D eigenvalue weighted by molar-refractivity contribution is 6.32. The van der Waals surface area contributed by atoms with Gasteiger partial charge in [-0.05, 0) is 48.5 Å². The number of carbonyl (C=O) groups is 2. The lowest BCUT2D eigenvalue weighted by Gasteiger charge is -2.13. The lowest BCUT2D eigenvalue weighted by molar-refractivity contribution is 0.0600. The molecule has 0 fully saturated rings. The highest BCUT2D eigenvalue weighted by atomic mass is 35.5. The maximum Gasteiger partial charge on any atom is 0.337 e. The first-order valence-corrected chi connectivity index (χ1v) is 9.90. The van der Waals surface area contributed by atoms with Gasteiger partial charge in [-0.1, -0.05) is 29.3 Å². The van der Waals surface area contributed by atoms with E-state index < -0.39 is 17.7 Å². The Morgan fingerprint density at radius 2 is 1.75 bits per heavy atom. The number of nitrogens with zero attached hydrogens (tertiary/aromatic N) is 1. The van der Waals surface area contributed by atoms with Gasteiger partial charge in [0.25, 0.3) is 5.91 Å². The van der Waals surface area contributed by atoms with Gasteiger partial charge in [0.15, 0.2) is 11.6 Å². The SMILES string of the molecule is COC(=O)c1ccc(C(=O)NCc2ccc(Cl)c(Oc3cc(Cl)cc(C#N)c3)c2F)cc1. The summed E-state index contributed by atoms with van der Waals surface area (Å²) < 4.78 is 25.2. The zero-order valence-corrected chi connectivity index (χ0v) is 18.1. The third-order valence-corrected chi connectivity index (χ3v) is 4.87. The minimum atomic E-state index is -0.766. The number of benzene rings is 3. The topological polar surface area (TPSA) is 88.4 Å². The molecule has 0 heterocycles. The van der Waals surface area contributed by atoms with Gasteiger partial charge in [0, 0.05) is 22.7 Å². The molecule has 0 aliphatic carbocycles. The van der Waals surface area contributed by atoms with Crippen LogP contribution >= 0.6 is 23.2 Å². The van der Waals surface area contributed by atoms with Crippen LogP contribution in [0.3, 0.4) is 0 Å². The first kappa shape index (κ1) is 23.1. The number of carbonyl (C=O) groups excluding carboxylic acids is 2. The van der Waals surface area contributed by atoms with Crippen LogP contribution in [0.2, 0.25) is 10.0 Å². The summed E-state index contributed by atoms with van der Waals surface area (Å²) in [5.74, 6) is -1.87. The van der Waals surface area contributed by atoms with E-state index >= 15 is 4.39 Å². The van der Waals surface area contributed by atoms with Crippen LogP contribution in [0.1, 0.15) is 31.8 Å². The molecular weight excluding hydrogens is 458 g/mol. The number of hydrogen-bond acceptors (Lipinski definition) is 5. The molecule has 0 radical (unpaired) electrons. The zero-order chi connectivity index (χ0) is 23.3. The Bertz CT molecular complexity index is 1220. The van der Waals surface area contributed by atoms with Crippen LogP contribution in [0.25, 0.3) is 0 Å². The molecule has 9 heteroatoms. The van der Waals surface area contributed by atoms with E-state index in [9.17, 15) is 9.59 Å². The molecule has 6 nitrogen and oxygen atoms in total. The molecule has 3 rings (SSSR count). The molecule has 3 aromatic carbocycles. The fourth-order valence-electron chi connectivity index (χ4n) is 2.76. The van der Waals surface area contributed by atoms with Crippen molar-refractivity contribution in [1.29, 1.82) is 5.26 Å². The van der Waals surface area contributed by atoms with E-state index in [1.807, 2.05) is 6.07 Å². The van der Waals surface area contributed by atoms with Gasteiger partial charge >= 0.3 is 5.97 Å². The molecule has 1 N–H and O–H groups in total. The van der Waals surface area contributed by atoms with Crippen molar-refractivity contribution in [2.45, 2.75) is 6.54 Å². The summed E-state index contributed by atoms with van der Waals surface area (Å²) in [6, 6.07) is 14.9. The second-order valence-electron chi connectivity index (χ2n) is 6.49. The molecule has 0 aromatic heterocycles. The Kier molecular flexibility index (Phi) is 7.31. The van der Waals surface area contributed by atoms with Crippen molar-refractivity contribution in [3.05, 3.63) is 92.7 Å². The normalized spacial score (nSPS) is 10.2. The van der Waals surface area contributed by atoms with E-state index in [2.05, 4.69) is 10.1 Å². The van der Waals surface area contributed by atoms with Crippen molar-refractivity contribution in [3.8, 4) is 17.6 Å². The van der Waals surface area contributed by atoms with Gasteiger partial charge in [-0.3, -0.25) is 4.79 Å². The van der Waals surface area contributed by atoms with Crippen LogP contribution in [0.4, 0.5) is 4.39 Å². The summed E-state index contributed by atoms with van der Waals surface area (Å²) in [5, 5.41) is 11.9. The molecule has 0 unspecified atom stereocenters. The number of rotatable bonds is 6. The molecule has 162 valence electrons. The minimum Gasteiger partial charge on any atom is -0.465 e. The van der Waals surface area contributed by atoms with E-state index in [4.69, 9.17) is 33.2 Å². The first-order chi connectivity index (χ1) is 15.3. The number of nitriles is 1. The van der Waals surface area contributed by atoms with Crippen molar-refractivity contribution >= 4 is 35.1 Å². The largest absolute Gasteiger partial charge is 0.465 e. The monoisotopic (exact) mass is 472 g/mol. The van der Waals surface area contributed by atoms with Gasteiger partial charge < -0.3 is 14.8 Å². The fourth-order valence-corrected chi connectivity index (χ4v) is 3.17. The quantitative estimate of drug-likeness (QED) is 0.477. The third kappa shape index (κ3) is 5.35. The van der Waals surface area contributed by atoms with E-state index in [-0.39, 0.29) is 44.8 Å². The van der Waals surface area contributed by atoms with Crippen molar-refractivity contribution in [3.63, 3.8) is 0 Å². The molecule has 0 saturated carbocycles. The Morgan fingerprint density at radius 1 is 1.06 bits per heavy atom. The fraction of sp³-hybridized carbons (Fsp3) is 0.0870. The summed E-state index contributed by atoms with van der Waals surface area (Å²) in [6.45, 7) is -0.143. The molecule has 0 aliphatic heterocycles. The predicted octanol–water partition coefficient (Wildman–Crippen LogP) is 5.51. The summed E-state index contributed by atoms with van der Waals surface area (Å²) in [6.07, 6.45) is 0. The van der Waals surface area contributed by atoms with Gasteiger partial charge in [-0.2, -0.15) is 5.26 Å². The maximum atomic E-state index is 15.0. The Labute approximate surface area is 193 Å². The molecule has 0 aliphatic rings. The standard InChI is InChI=1S/C23H15Cl2FN2O4/c1-31-23(30)15-4-2-14(3-5-15)22(29)28-12-16-6-7-19(25)21(20(16)26)32-18-9-13(11-27)8-17(24)10-18/h2-10H,12H2,1H3,(H,28,29). The van der Waals surface area contributed by atoms with Gasteiger partial charge in [-0.25, -0.2) is 9.18 Å². The van der Waals surface area contributed by atoms with Crippen LogP contribution in [0.5, 0.6) is 11.5 Å². The summed E-state index contributed by atoms with van der Waals surface area (Å²) in [7, 11) is 1.26. The maximum absolute atomic E-state index is 15.0. The van der Waals surface area contributed by atoms with Crippen LogP contribution in [-0.4, -0.2) is 19.0 Å². The molecule has 3 aromatic rings.